The van der Waals surface area contributed by atoms with Gasteiger partial charge < -0.3 is 15.7 Å². The molecule has 0 heterocycles. The number of anilines is 2. The maximum absolute atomic E-state index is 14.9. The van der Waals surface area contributed by atoms with Crippen molar-refractivity contribution in [2.45, 2.75) is 51.0 Å². The molecule has 4 aromatic carbocycles. The van der Waals surface area contributed by atoms with Gasteiger partial charge in [0.2, 0.25) is 10.0 Å². The number of aliphatic hydroxyl groups excluding tert-OH is 1. The number of halogens is 1. The van der Waals surface area contributed by atoms with Crippen molar-refractivity contribution in [3.05, 3.63) is 131 Å². The predicted molar refractivity (Wildman–Crippen MR) is 182 cm³/mol. The zero-order valence-corrected chi connectivity index (χ0v) is 27.1. The van der Waals surface area contributed by atoms with E-state index in [-0.39, 0.29) is 17.8 Å². The zero-order valence-electron chi connectivity index (χ0n) is 26.3. The molecule has 0 aromatic heterocycles. The van der Waals surface area contributed by atoms with E-state index in [1.807, 2.05) is 48.5 Å². The number of hydrogen-bond acceptors (Lipinski definition) is 5. The number of amides is 1. The number of carbonyl (C=O) groups excluding carboxylic acids is 1. The minimum absolute atomic E-state index is 0.147. The summed E-state index contributed by atoms with van der Waals surface area (Å²) in [6, 6.07) is 29.1. The SMILES string of the molecule is C#Cc1cc(C(=O)N[C@@H](Cc2ccccc2)[C@H](O)CNCc2cccc(C(C)(F)CC)c2)cc(N(c2ccccc2)S(C)(=O)=O)c1. The molecule has 46 heavy (non-hydrogen) atoms. The number of sulfonamides is 1. The van der Waals surface area contributed by atoms with E-state index in [2.05, 4.69) is 16.6 Å². The first-order valence-electron chi connectivity index (χ1n) is 15.1. The number of hydrogen-bond donors (Lipinski definition) is 3. The van der Waals surface area contributed by atoms with Crippen LogP contribution in [0.1, 0.15) is 52.9 Å². The Hall–Kier alpha value is -4.49. The molecule has 0 bridgehead atoms. The van der Waals surface area contributed by atoms with Gasteiger partial charge in [-0.2, -0.15) is 0 Å². The van der Waals surface area contributed by atoms with Crippen molar-refractivity contribution in [3.63, 3.8) is 0 Å². The molecular weight excluding hydrogens is 601 g/mol. The third-order valence-electron chi connectivity index (χ3n) is 7.86. The van der Waals surface area contributed by atoms with E-state index < -0.39 is 33.7 Å². The molecule has 0 aliphatic rings. The smallest absolute Gasteiger partial charge is 0.251 e. The average molecular weight is 642 g/mol. The van der Waals surface area contributed by atoms with Crippen molar-refractivity contribution >= 4 is 27.3 Å². The van der Waals surface area contributed by atoms with Gasteiger partial charge in [0.1, 0.15) is 5.67 Å². The maximum Gasteiger partial charge on any atom is 0.251 e. The van der Waals surface area contributed by atoms with E-state index in [9.17, 15) is 22.7 Å². The number of carbonyl (C=O) groups is 1. The Morgan fingerprint density at radius 2 is 1.61 bits per heavy atom. The summed E-state index contributed by atoms with van der Waals surface area (Å²) in [5, 5.41) is 17.5. The molecule has 0 radical (unpaired) electrons. The van der Waals surface area contributed by atoms with Gasteiger partial charge in [-0.3, -0.25) is 4.79 Å². The molecule has 3 atom stereocenters. The van der Waals surface area contributed by atoms with Crippen LogP contribution in [0.4, 0.5) is 15.8 Å². The second-order valence-electron chi connectivity index (χ2n) is 11.5. The second kappa shape index (κ2) is 15.2. The largest absolute Gasteiger partial charge is 0.390 e. The number of nitrogens with one attached hydrogen (secondary N) is 2. The summed E-state index contributed by atoms with van der Waals surface area (Å²) in [6.07, 6.45) is 6.49. The summed E-state index contributed by atoms with van der Waals surface area (Å²) in [5.41, 5.74) is 2.02. The molecule has 4 aromatic rings. The van der Waals surface area contributed by atoms with Crippen LogP contribution >= 0.6 is 0 Å². The molecule has 3 N–H and O–H groups in total. The van der Waals surface area contributed by atoms with E-state index in [0.29, 0.717) is 36.2 Å². The molecule has 9 heteroatoms. The van der Waals surface area contributed by atoms with Crippen LogP contribution in [-0.2, 0) is 28.7 Å². The van der Waals surface area contributed by atoms with E-state index in [0.717, 1.165) is 21.7 Å². The molecule has 0 saturated heterocycles. The number of aliphatic hydroxyl groups is 1. The highest BCUT2D eigenvalue weighted by atomic mass is 32.2. The van der Waals surface area contributed by atoms with Gasteiger partial charge in [0.25, 0.3) is 5.91 Å². The molecule has 0 fully saturated rings. The van der Waals surface area contributed by atoms with Gasteiger partial charge in [-0.15, -0.1) is 6.42 Å². The third-order valence-corrected chi connectivity index (χ3v) is 8.94. The maximum atomic E-state index is 14.9. The lowest BCUT2D eigenvalue weighted by molar-refractivity contribution is 0.0830. The van der Waals surface area contributed by atoms with Crippen molar-refractivity contribution in [2.75, 3.05) is 17.1 Å². The first-order valence-corrected chi connectivity index (χ1v) is 16.9. The Balaban J connectivity index is 1.57. The van der Waals surface area contributed by atoms with Gasteiger partial charge >= 0.3 is 0 Å². The highest BCUT2D eigenvalue weighted by Gasteiger charge is 2.26. The summed E-state index contributed by atoms with van der Waals surface area (Å²) in [4.78, 5) is 13.7. The van der Waals surface area contributed by atoms with E-state index in [1.54, 1.807) is 50.2 Å². The highest BCUT2D eigenvalue weighted by molar-refractivity contribution is 7.92. The van der Waals surface area contributed by atoms with Crippen LogP contribution in [0.25, 0.3) is 0 Å². The first kappa shape index (κ1) is 34.4. The summed E-state index contributed by atoms with van der Waals surface area (Å²) < 4.78 is 41.8. The van der Waals surface area contributed by atoms with Crippen molar-refractivity contribution in [1.82, 2.24) is 10.6 Å². The average Bonchev–Trinajstić information content (AvgIpc) is 3.04. The van der Waals surface area contributed by atoms with E-state index in [1.165, 1.54) is 18.2 Å². The Morgan fingerprint density at radius 1 is 0.957 bits per heavy atom. The molecule has 0 spiro atoms. The number of benzene rings is 4. The topological polar surface area (TPSA) is 98.7 Å². The standard InChI is InChI=1S/C37H40FN3O4S/c1-5-27-20-30(24-33(22-27)41(46(4,44)45)32-18-11-8-12-19-32)36(43)40-34(23-28-14-9-7-10-15-28)35(42)26-39-25-29-16-13-17-31(21-29)37(3,38)6-2/h1,7-22,24,34-35,39,42H,6,23,25-26H2,2-4H3,(H,40,43)/t34-,35+,37?/m0/s1. The second-order valence-corrected chi connectivity index (χ2v) is 13.3. The number of terminal acetylenes is 1. The number of nitrogens with zero attached hydrogens (tertiary/aromatic N) is 1. The minimum atomic E-state index is -3.80. The first-order chi connectivity index (χ1) is 21.9. The Bertz CT molecular complexity index is 1770. The quantitative estimate of drug-likeness (QED) is 0.150. The van der Waals surface area contributed by atoms with Crippen LogP contribution in [0.15, 0.2) is 103 Å². The minimum Gasteiger partial charge on any atom is -0.390 e. The van der Waals surface area contributed by atoms with E-state index >= 15 is 0 Å². The van der Waals surface area contributed by atoms with Crippen LogP contribution in [0.2, 0.25) is 0 Å². The molecule has 0 aliphatic heterocycles. The fourth-order valence-corrected chi connectivity index (χ4v) is 6.15. The number of rotatable bonds is 14. The van der Waals surface area contributed by atoms with Crippen LogP contribution in [-0.4, -0.2) is 44.4 Å². The van der Waals surface area contributed by atoms with Gasteiger partial charge in [0.15, 0.2) is 0 Å². The lowest BCUT2D eigenvalue weighted by Crippen LogP contribution is -2.48. The third kappa shape index (κ3) is 9.04. The number of alkyl halides is 1. The fourth-order valence-electron chi connectivity index (χ4n) is 5.16. The van der Waals surface area contributed by atoms with E-state index in [4.69, 9.17) is 6.42 Å². The van der Waals surface area contributed by atoms with Crippen LogP contribution in [0, 0.1) is 12.3 Å². The summed E-state index contributed by atoms with van der Waals surface area (Å²) in [5.74, 6) is 1.99. The van der Waals surface area contributed by atoms with Gasteiger partial charge in [0, 0.05) is 24.2 Å². The fraction of sp³-hybridized carbons (Fsp3) is 0.270. The normalized spacial score (nSPS) is 14.0. The monoisotopic (exact) mass is 641 g/mol. The molecule has 4 rings (SSSR count). The van der Waals surface area contributed by atoms with Crippen LogP contribution in [0.3, 0.4) is 0 Å². The van der Waals surface area contributed by atoms with Gasteiger partial charge in [-0.25, -0.2) is 17.1 Å². The molecule has 0 aliphatic carbocycles. The molecule has 240 valence electrons. The van der Waals surface area contributed by atoms with Gasteiger partial charge in [-0.1, -0.05) is 85.6 Å². The highest BCUT2D eigenvalue weighted by Crippen LogP contribution is 2.31. The molecule has 1 amide bonds. The summed E-state index contributed by atoms with van der Waals surface area (Å²) in [6.45, 7) is 3.90. The zero-order chi connectivity index (χ0) is 33.3. The van der Waals surface area contributed by atoms with Crippen molar-refractivity contribution in [3.8, 4) is 12.3 Å². The lowest BCUT2D eigenvalue weighted by atomic mass is 9.94. The van der Waals surface area contributed by atoms with Gasteiger partial charge in [0.05, 0.1) is 29.8 Å². The molecular formula is C37H40FN3O4S. The summed E-state index contributed by atoms with van der Waals surface area (Å²) >= 11 is 0. The Labute approximate surface area is 271 Å². The van der Waals surface area contributed by atoms with Crippen molar-refractivity contribution in [1.29, 1.82) is 0 Å². The summed E-state index contributed by atoms with van der Waals surface area (Å²) in [7, 11) is -3.80. The van der Waals surface area contributed by atoms with Gasteiger partial charge in [-0.05, 0) is 66.8 Å². The Morgan fingerprint density at radius 3 is 2.24 bits per heavy atom. The molecule has 1 unspecified atom stereocenters. The van der Waals surface area contributed by atoms with Crippen molar-refractivity contribution < 1.29 is 22.7 Å². The number of para-hydroxylation sites is 1. The molecule has 0 saturated carbocycles. The Kier molecular flexibility index (Phi) is 11.4. The van der Waals surface area contributed by atoms with Crippen LogP contribution in [0.5, 0.6) is 0 Å². The molecule has 7 nitrogen and oxygen atoms in total. The predicted octanol–water partition coefficient (Wildman–Crippen LogP) is 5.85. The lowest BCUT2D eigenvalue weighted by Gasteiger charge is -2.26. The van der Waals surface area contributed by atoms with Crippen molar-refractivity contribution in [2.24, 2.45) is 0 Å². The van der Waals surface area contributed by atoms with Crippen LogP contribution < -0.4 is 14.9 Å².